The van der Waals surface area contributed by atoms with E-state index in [4.69, 9.17) is 19.7 Å². The number of aliphatic carboxylic acids is 2. The third kappa shape index (κ3) is 7.41. The van der Waals surface area contributed by atoms with E-state index in [9.17, 15) is 19.2 Å². The van der Waals surface area contributed by atoms with Crippen molar-refractivity contribution in [1.29, 1.82) is 0 Å². The first-order valence-corrected chi connectivity index (χ1v) is 6.62. The number of carboxylic acids is 2. The molecular weight excluding hydrogens is 296 g/mol. The molecule has 0 heterocycles. The van der Waals surface area contributed by atoms with Crippen LogP contribution in [0.25, 0.3) is 0 Å². The second-order valence-electron chi connectivity index (χ2n) is 5.00. The highest BCUT2D eigenvalue weighted by Crippen LogP contribution is 2.16. The van der Waals surface area contributed by atoms with Crippen LogP contribution < -0.4 is 0 Å². The molecule has 0 amide bonds. The van der Waals surface area contributed by atoms with Gasteiger partial charge in [-0.1, -0.05) is 0 Å². The highest BCUT2D eigenvalue weighted by molar-refractivity contribution is 6.04. The van der Waals surface area contributed by atoms with Gasteiger partial charge in [0.1, 0.15) is 0 Å². The van der Waals surface area contributed by atoms with Gasteiger partial charge in [0.15, 0.2) is 0 Å². The maximum Gasteiger partial charge on any atom is 0.332 e. The van der Waals surface area contributed by atoms with E-state index in [2.05, 4.69) is 0 Å². The van der Waals surface area contributed by atoms with E-state index in [1.54, 1.807) is 27.7 Å². The largest absolute Gasteiger partial charge is 0.478 e. The summed E-state index contributed by atoms with van der Waals surface area (Å²) in [5.74, 6) is -4.97. The van der Waals surface area contributed by atoms with Crippen molar-refractivity contribution in [3.05, 3.63) is 11.1 Å². The molecule has 0 rings (SSSR count). The van der Waals surface area contributed by atoms with Crippen molar-refractivity contribution in [3.8, 4) is 0 Å². The van der Waals surface area contributed by atoms with Crippen LogP contribution >= 0.6 is 0 Å². The van der Waals surface area contributed by atoms with Crippen molar-refractivity contribution < 1.29 is 38.9 Å². The summed E-state index contributed by atoms with van der Waals surface area (Å²) in [6.07, 6.45) is -2.43. The van der Waals surface area contributed by atoms with Crippen molar-refractivity contribution in [1.82, 2.24) is 0 Å². The summed E-state index contributed by atoms with van der Waals surface area (Å²) in [4.78, 5) is 45.4. The maximum atomic E-state index is 11.5. The van der Waals surface area contributed by atoms with Gasteiger partial charge < -0.3 is 19.7 Å². The molecule has 0 saturated heterocycles. The molecule has 0 aromatic carbocycles. The van der Waals surface area contributed by atoms with E-state index in [0.717, 1.165) is 0 Å². The Balaban J connectivity index is 5.39. The van der Waals surface area contributed by atoms with Gasteiger partial charge in [-0.3, -0.25) is 9.59 Å². The van der Waals surface area contributed by atoms with Crippen LogP contribution in [0.3, 0.4) is 0 Å². The molecule has 8 heteroatoms. The highest BCUT2D eigenvalue weighted by atomic mass is 16.5. The Labute approximate surface area is 127 Å². The molecule has 0 unspecified atom stereocenters. The fourth-order valence-electron chi connectivity index (χ4n) is 1.52. The van der Waals surface area contributed by atoms with Crippen LogP contribution in [0.2, 0.25) is 0 Å². The van der Waals surface area contributed by atoms with Gasteiger partial charge in [-0.15, -0.1) is 0 Å². The van der Waals surface area contributed by atoms with E-state index in [-0.39, 0.29) is 0 Å². The van der Waals surface area contributed by atoms with E-state index >= 15 is 0 Å². The average Bonchev–Trinajstić information content (AvgIpc) is 2.30. The maximum absolute atomic E-state index is 11.5. The zero-order chi connectivity index (χ0) is 17.4. The molecule has 0 aromatic rings. The molecule has 0 radical (unpaired) electrons. The summed E-state index contributed by atoms with van der Waals surface area (Å²) in [5.41, 5.74) is -1.39. The van der Waals surface area contributed by atoms with Crippen LogP contribution in [0.1, 0.15) is 40.5 Å². The van der Waals surface area contributed by atoms with Gasteiger partial charge in [-0.25, -0.2) is 9.59 Å². The molecule has 124 valence electrons. The smallest absolute Gasteiger partial charge is 0.332 e. The van der Waals surface area contributed by atoms with Crippen LogP contribution in [0.15, 0.2) is 11.1 Å². The van der Waals surface area contributed by atoms with E-state index in [0.29, 0.717) is 0 Å². The summed E-state index contributed by atoms with van der Waals surface area (Å²) in [7, 11) is 0. The number of rotatable bonds is 8. The van der Waals surface area contributed by atoms with Gasteiger partial charge in [0.2, 0.25) is 0 Å². The molecule has 2 N–H and O–H groups in total. The van der Waals surface area contributed by atoms with E-state index in [1.807, 2.05) is 0 Å². The number of carbonyl (C=O) groups is 4. The van der Waals surface area contributed by atoms with Crippen molar-refractivity contribution in [2.75, 3.05) is 0 Å². The summed E-state index contributed by atoms with van der Waals surface area (Å²) in [5, 5.41) is 18.2. The fraction of sp³-hybridized carbons (Fsp3) is 0.571. The predicted molar refractivity (Wildman–Crippen MR) is 74.0 cm³/mol. The van der Waals surface area contributed by atoms with E-state index in [1.165, 1.54) is 0 Å². The number of esters is 2. The zero-order valence-electron chi connectivity index (χ0n) is 12.9. The first kappa shape index (κ1) is 19.6. The van der Waals surface area contributed by atoms with Crippen molar-refractivity contribution in [3.63, 3.8) is 0 Å². The quantitative estimate of drug-likeness (QED) is 0.504. The Hall–Kier alpha value is -2.38. The van der Waals surface area contributed by atoms with Crippen molar-refractivity contribution in [2.45, 2.75) is 52.7 Å². The molecule has 0 aromatic heterocycles. The first-order valence-electron chi connectivity index (χ1n) is 6.62. The van der Waals surface area contributed by atoms with Crippen LogP contribution in [-0.2, 0) is 28.7 Å². The molecule has 22 heavy (non-hydrogen) atoms. The van der Waals surface area contributed by atoms with Crippen molar-refractivity contribution in [2.24, 2.45) is 0 Å². The predicted octanol–water partition coefficient (Wildman–Crippen LogP) is 1.14. The number of hydrogen-bond donors (Lipinski definition) is 2. The standard InChI is InChI=1S/C14H20O8/c1-7(2)21-11(15)5-9(13(17)18)10(14(19)20)6-12(16)22-8(3)4/h7-8H,5-6H2,1-4H3,(H,17,18)(H,19,20). The molecule has 0 saturated carbocycles. The first-order chi connectivity index (χ1) is 10.0. The van der Waals surface area contributed by atoms with Crippen LogP contribution in [0, 0.1) is 0 Å². The lowest BCUT2D eigenvalue weighted by Crippen LogP contribution is -2.21. The number of carboxylic acid groups (broad SMARTS) is 2. The number of hydrogen-bond acceptors (Lipinski definition) is 6. The summed E-state index contributed by atoms with van der Waals surface area (Å²) in [6, 6.07) is 0. The van der Waals surface area contributed by atoms with Gasteiger partial charge in [-0.2, -0.15) is 0 Å². The van der Waals surface area contributed by atoms with E-state index < -0.39 is 60.1 Å². The van der Waals surface area contributed by atoms with Gasteiger partial charge in [-0.05, 0) is 27.7 Å². The Morgan fingerprint density at radius 3 is 1.18 bits per heavy atom. The minimum absolute atomic E-state index is 0.471. The SMILES string of the molecule is CC(C)OC(=O)CC(C(=O)O)=C(CC(=O)OC(C)C)C(=O)O. The lowest BCUT2D eigenvalue weighted by atomic mass is 10.0. The molecule has 0 atom stereocenters. The summed E-state index contributed by atoms with van der Waals surface area (Å²) in [6.45, 7) is 6.28. The Morgan fingerprint density at radius 1 is 0.727 bits per heavy atom. The van der Waals surface area contributed by atoms with Crippen molar-refractivity contribution >= 4 is 23.9 Å². The van der Waals surface area contributed by atoms with Gasteiger partial charge in [0.05, 0.1) is 36.2 Å². The second-order valence-corrected chi connectivity index (χ2v) is 5.00. The third-order valence-electron chi connectivity index (χ3n) is 2.26. The lowest BCUT2D eigenvalue weighted by molar-refractivity contribution is -0.149. The number of ether oxygens (including phenoxy) is 2. The Bertz CT molecular complexity index is 443. The van der Waals surface area contributed by atoms with Crippen LogP contribution in [0.4, 0.5) is 0 Å². The molecule has 0 fully saturated rings. The summed E-state index contributed by atoms with van der Waals surface area (Å²) < 4.78 is 9.57. The highest BCUT2D eigenvalue weighted by Gasteiger charge is 2.26. The zero-order valence-corrected chi connectivity index (χ0v) is 12.9. The van der Waals surface area contributed by atoms with Crippen LogP contribution in [-0.4, -0.2) is 46.3 Å². The molecule has 0 spiro atoms. The second kappa shape index (κ2) is 8.81. The molecule has 0 aliphatic rings. The van der Waals surface area contributed by atoms with Crippen LogP contribution in [0.5, 0.6) is 0 Å². The number of carbonyl (C=O) groups excluding carboxylic acids is 2. The minimum Gasteiger partial charge on any atom is -0.478 e. The molecule has 8 nitrogen and oxygen atoms in total. The monoisotopic (exact) mass is 316 g/mol. The molecule has 0 bridgehead atoms. The normalized spacial score (nSPS) is 11.9. The average molecular weight is 316 g/mol. The Morgan fingerprint density at radius 2 is 1.00 bits per heavy atom. The topological polar surface area (TPSA) is 127 Å². The fourth-order valence-corrected chi connectivity index (χ4v) is 1.52. The van der Waals surface area contributed by atoms with Gasteiger partial charge in [0, 0.05) is 0 Å². The molecular formula is C14H20O8. The Kier molecular flexibility index (Phi) is 7.85. The molecule has 0 aliphatic carbocycles. The minimum atomic E-state index is -1.60. The van der Waals surface area contributed by atoms with Gasteiger partial charge >= 0.3 is 23.9 Å². The third-order valence-corrected chi connectivity index (χ3v) is 2.26. The van der Waals surface area contributed by atoms with Gasteiger partial charge in [0.25, 0.3) is 0 Å². The molecule has 0 aliphatic heterocycles. The summed E-state index contributed by atoms with van der Waals surface area (Å²) >= 11 is 0. The lowest BCUT2D eigenvalue weighted by Gasteiger charge is -2.12.